The second-order valence-corrected chi connectivity index (χ2v) is 6.46. The molecule has 6 heteroatoms. The first-order valence-electron chi connectivity index (χ1n) is 9.51. The number of hydrogen-bond acceptors (Lipinski definition) is 4. The maximum atomic E-state index is 12.6. The number of nitrogens with one attached hydrogen (secondary N) is 1. The van der Waals surface area contributed by atoms with Crippen molar-refractivity contribution in [2.24, 2.45) is 0 Å². The van der Waals surface area contributed by atoms with Gasteiger partial charge >= 0.3 is 5.97 Å². The quantitative estimate of drug-likeness (QED) is 0.375. The second-order valence-electron chi connectivity index (χ2n) is 6.46. The summed E-state index contributed by atoms with van der Waals surface area (Å²) in [6.45, 7) is 11.6. The lowest BCUT2D eigenvalue weighted by atomic mass is 10.0. The van der Waals surface area contributed by atoms with Gasteiger partial charge in [-0.25, -0.2) is 0 Å². The number of H-pyrrole nitrogens is 1. The number of allylic oxidation sites excluding steroid dienone is 2. The molecule has 154 valence electrons. The van der Waals surface area contributed by atoms with Gasteiger partial charge in [-0.05, 0) is 38.1 Å². The Kier molecular flexibility index (Phi) is 7.83. The molecule has 2 rings (SSSR count). The molecule has 1 heterocycles. The normalized spacial score (nSPS) is 11.2. The number of amides is 1. The first-order chi connectivity index (χ1) is 14.0. The van der Waals surface area contributed by atoms with Crippen molar-refractivity contribution in [3.8, 4) is 5.75 Å². The standard InChI is InChI=1S/C23H28N2O4/c1-6-10-16(4)23(27)25(7-2)14-13-17-18-11-9-12-20(28-5)22(18)24-19(17)15-21(26)29-8-3/h6-7,9-12,24H,1-2,8,13-15H2,3-5H3/b16-10+. The average Bonchev–Trinajstić information content (AvgIpc) is 3.05. The van der Waals surface area contributed by atoms with Crippen LogP contribution in [0.2, 0.25) is 0 Å². The molecule has 1 aromatic heterocycles. The van der Waals surface area contributed by atoms with Crippen LogP contribution in [0.4, 0.5) is 0 Å². The van der Waals surface area contributed by atoms with Gasteiger partial charge < -0.3 is 19.4 Å². The number of nitrogens with zero attached hydrogens (tertiary/aromatic N) is 1. The fourth-order valence-corrected chi connectivity index (χ4v) is 3.25. The average molecular weight is 396 g/mol. The molecule has 2 aromatic rings. The molecular weight excluding hydrogens is 368 g/mol. The molecule has 0 aliphatic rings. The number of esters is 1. The largest absolute Gasteiger partial charge is 0.495 e. The summed E-state index contributed by atoms with van der Waals surface area (Å²) in [7, 11) is 1.60. The fourth-order valence-electron chi connectivity index (χ4n) is 3.25. The minimum Gasteiger partial charge on any atom is -0.495 e. The molecule has 0 spiro atoms. The number of rotatable bonds is 10. The molecule has 6 nitrogen and oxygen atoms in total. The number of aromatic nitrogens is 1. The van der Waals surface area contributed by atoms with E-state index in [9.17, 15) is 9.59 Å². The first-order valence-corrected chi connectivity index (χ1v) is 9.51. The van der Waals surface area contributed by atoms with Crippen LogP contribution in [-0.2, 0) is 27.2 Å². The Morgan fingerprint density at radius 1 is 1.28 bits per heavy atom. The van der Waals surface area contributed by atoms with Crippen LogP contribution in [-0.4, -0.2) is 42.0 Å². The highest BCUT2D eigenvalue weighted by atomic mass is 16.5. The molecule has 29 heavy (non-hydrogen) atoms. The number of fused-ring (bicyclic) bond motifs is 1. The molecule has 0 saturated carbocycles. The number of methoxy groups -OCH3 is 1. The van der Waals surface area contributed by atoms with Crippen molar-refractivity contribution in [2.75, 3.05) is 20.3 Å². The van der Waals surface area contributed by atoms with Crippen LogP contribution in [0.1, 0.15) is 25.1 Å². The van der Waals surface area contributed by atoms with Crippen molar-refractivity contribution in [1.29, 1.82) is 0 Å². The predicted octanol–water partition coefficient (Wildman–Crippen LogP) is 3.93. The molecule has 0 aliphatic carbocycles. The van der Waals surface area contributed by atoms with Gasteiger partial charge in [0, 0.05) is 23.2 Å². The number of hydrogen-bond donors (Lipinski definition) is 1. The molecule has 1 amide bonds. The van der Waals surface area contributed by atoms with Crippen LogP contribution >= 0.6 is 0 Å². The van der Waals surface area contributed by atoms with E-state index in [1.54, 1.807) is 38.0 Å². The van der Waals surface area contributed by atoms with Crippen molar-refractivity contribution in [3.63, 3.8) is 0 Å². The van der Waals surface area contributed by atoms with E-state index >= 15 is 0 Å². The van der Waals surface area contributed by atoms with Gasteiger partial charge in [0.05, 0.1) is 25.7 Å². The number of benzene rings is 1. The summed E-state index contributed by atoms with van der Waals surface area (Å²) in [5.41, 5.74) is 3.12. The predicted molar refractivity (Wildman–Crippen MR) is 115 cm³/mol. The molecule has 0 unspecified atom stereocenters. The zero-order chi connectivity index (χ0) is 21.4. The van der Waals surface area contributed by atoms with E-state index in [0.717, 1.165) is 22.2 Å². The number of carbonyl (C=O) groups is 2. The molecule has 0 atom stereocenters. The highest BCUT2D eigenvalue weighted by Gasteiger charge is 2.19. The summed E-state index contributed by atoms with van der Waals surface area (Å²) in [5, 5.41) is 0.957. The topological polar surface area (TPSA) is 71.6 Å². The van der Waals surface area contributed by atoms with E-state index in [4.69, 9.17) is 9.47 Å². The van der Waals surface area contributed by atoms with E-state index in [-0.39, 0.29) is 18.3 Å². The van der Waals surface area contributed by atoms with Gasteiger partial charge in [0.2, 0.25) is 0 Å². The van der Waals surface area contributed by atoms with Crippen LogP contribution in [0.3, 0.4) is 0 Å². The summed E-state index contributed by atoms with van der Waals surface area (Å²) in [5.74, 6) is 0.255. The Morgan fingerprint density at radius 3 is 2.66 bits per heavy atom. The van der Waals surface area contributed by atoms with Crippen LogP contribution < -0.4 is 4.74 Å². The third-order valence-corrected chi connectivity index (χ3v) is 4.63. The van der Waals surface area contributed by atoms with Crippen LogP contribution in [0.25, 0.3) is 10.9 Å². The molecule has 0 bridgehead atoms. The summed E-state index contributed by atoms with van der Waals surface area (Å²) >= 11 is 0. The van der Waals surface area contributed by atoms with Crippen molar-refractivity contribution in [2.45, 2.75) is 26.7 Å². The molecule has 0 fully saturated rings. The maximum absolute atomic E-state index is 12.6. The zero-order valence-corrected chi connectivity index (χ0v) is 17.3. The van der Waals surface area contributed by atoms with Gasteiger partial charge in [0.1, 0.15) is 5.75 Å². The Hall–Kier alpha value is -3.28. The molecular formula is C23H28N2O4. The van der Waals surface area contributed by atoms with Crippen molar-refractivity contribution >= 4 is 22.8 Å². The summed E-state index contributed by atoms with van der Waals surface area (Å²) in [6, 6.07) is 5.74. The molecule has 0 saturated heterocycles. The zero-order valence-electron chi connectivity index (χ0n) is 17.3. The fraction of sp³-hybridized carbons (Fsp3) is 0.304. The van der Waals surface area contributed by atoms with E-state index in [0.29, 0.717) is 30.9 Å². The van der Waals surface area contributed by atoms with Gasteiger partial charge in [-0.3, -0.25) is 9.59 Å². The van der Waals surface area contributed by atoms with Gasteiger partial charge in [0.15, 0.2) is 0 Å². The van der Waals surface area contributed by atoms with Crippen LogP contribution in [0.15, 0.2) is 55.3 Å². The molecule has 0 radical (unpaired) electrons. The lowest BCUT2D eigenvalue weighted by molar-refractivity contribution is -0.142. The SMILES string of the molecule is C=C/C=C(\C)C(=O)N(C=C)CCc1c(CC(=O)OCC)[nH]c2c(OC)cccc12. The van der Waals surface area contributed by atoms with E-state index < -0.39 is 0 Å². The lowest BCUT2D eigenvalue weighted by Crippen LogP contribution is -2.28. The first kappa shape index (κ1) is 22.0. The Bertz CT molecular complexity index is 940. The van der Waals surface area contributed by atoms with Crippen LogP contribution in [0.5, 0.6) is 5.75 Å². The highest BCUT2D eigenvalue weighted by Crippen LogP contribution is 2.30. The Morgan fingerprint density at radius 2 is 2.03 bits per heavy atom. The third-order valence-electron chi connectivity index (χ3n) is 4.63. The molecule has 1 N–H and O–H groups in total. The van der Waals surface area contributed by atoms with Crippen molar-refractivity contribution in [1.82, 2.24) is 9.88 Å². The van der Waals surface area contributed by atoms with Gasteiger partial charge in [-0.1, -0.05) is 37.4 Å². The third kappa shape index (κ3) is 5.16. The lowest BCUT2D eigenvalue weighted by Gasteiger charge is -2.18. The maximum Gasteiger partial charge on any atom is 0.311 e. The molecule has 0 aliphatic heterocycles. The minimum absolute atomic E-state index is 0.123. The van der Waals surface area contributed by atoms with E-state index in [1.807, 2.05) is 18.2 Å². The van der Waals surface area contributed by atoms with Gasteiger partial charge in [-0.2, -0.15) is 0 Å². The smallest absolute Gasteiger partial charge is 0.311 e. The Balaban J connectivity index is 2.37. The molecule has 1 aromatic carbocycles. The summed E-state index contributed by atoms with van der Waals surface area (Å²) in [6.07, 6.45) is 5.43. The number of para-hydroxylation sites is 1. The van der Waals surface area contributed by atoms with Crippen molar-refractivity contribution in [3.05, 3.63) is 66.5 Å². The second kappa shape index (κ2) is 10.3. The Labute approximate surface area is 171 Å². The summed E-state index contributed by atoms with van der Waals surface area (Å²) < 4.78 is 10.6. The van der Waals surface area contributed by atoms with Crippen LogP contribution in [0, 0.1) is 0 Å². The summed E-state index contributed by atoms with van der Waals surface area (Å²) in [4.78, 5) is 29.5. The monoisotopic (exact) mass is 396 g/mol. The van der Waals surface area contributed by atoms with Gasteiger partial charge in [0.25, 0.3) is 5.91 Å². The highest BCUT2D eigenvalue weighted by molar-refractivity contribution is 5.94. The number of aromatic amines is 1. The number of carbonyl (C=O) groups excluding carboxylic acids is 2. The minimum atomic E-state index is -0.305. The van der Waals surface area contributed by atoms with E-state index in [2.05, 4.69) is 18.1 Å². The van der Waals surface area contributed by atoms with E-state index in [1.165, 1.54) is 6.20 Å². The van der Waals surface area contributed by atoms with Gasteiger partial charge in [-0.15, -0.1) is 0 Å². The number of ether oxygens (including phenoxy) is 2. The van der Waals surface area contributed by atoms with Crippen molar-refractivity contribution < 1.29 is 19.1 Å².